The summed E-state index contributed by atoms with van der Waals surface area (Å²) in [5.74, 6) is 0. The number of aromatic nitrogens is 2. The van der Waals surface area contributed by atoms with Crippen LogP contribution in [0.3, 0.4) is 0 Å². The average Bonchev–Trinajstić information content (AvgIpc) is 2.38. The van der Waals surface area contributed by atoms with Crippen LogP contribution in [0.5, 0.6) is 0 Å². The van der Waals surface area contributed by atoms with Crippen LogP contribution in [0.25, 0.3) is 0 Å². The average molecular weight is 213 g/mol. The standard InChI is InChI=1S/C13H15N3/c1-2-11-5-3-4-6-13(11)16-10-12-9-14-7-8-15-12/h3-9,16H,2,10H2,1H3. The van der Waals surface area contributed by atoms with Crippen LogP contribution in [0, 0.1) is 0 Å². The van der Waals surface area contributed by atoms with E-state index < -0.39 is 0 Å². The van der Waals surface area contributed by atoms with Gasteiger partial charge in [0.2, 0.25) is 0 Å². The largest absolute Gasteiger partial charge is 0.379 e. The Labute approximate surface area is 95.6 Å². The molecule has 0 atom stereocenters. The Hall–Kier alpha value is -1.90. The van der Waals surface area contributed by atoms with E-state index in [1.165, 1.54) is 11.3 Å². The monoisotopic (exact) mass is 213 g/mol. The third kappa shape index (κ3) is 2.57. The van der Waals surface area contributed by atoms with Crippen molar-refractivity contribution >= 4 is 5.69 Å². The number of nitrogens with zero attached hydrogens (tertiary/aromatic N) is 2. The van der Waals surface area contributed by atoms with Crippen LogP contribution in [-0.4, -0.2) is 9.97 Å². The maximum absolute atomic E-state index is 4.22. The van der Waals surface area contributed by atoms with Crippen molar-refractivity contribution in [2.24, 2.45) is 0 Å². The molecule has 0 fully saturated rings. The van der Waals surface area contributed by atoms with E-state index in [4.69, 9.17) is 0 Å². The SMILES string of the molecule is CCc1ccccc1NCc1cnccn1. The predicted molar refractivity (Wildman–Crippen MR) is 65.2 cm³/mol. The fourth-order valence-electron chi connectivity index (χ4n) is 1.61. The van der Waals surface area contributed by atoms with E-state index in [2.05, 4.69) is 40.4 Å². The van der Waals surface area contributed by atoms with Crippen molar-refractivity contribution in [2.75, 3.05) is 5.32 Å². The van der Waals surface area contributed by atoms with Gasteiger partial charge in [-0.25, -0.2) is 0 Å². The normalized spacial score (nSPS) is 10.1. The molecule has 0 amide bonds. The molecule has 2 rings (SSSR count). The molecule has 0 bridgehead atoms. The Kier molecular flexibility index (Phi) is 3.49. The van der Waals surface area contributed by atoms with Crippen LogP contribution in [0.2, 0.25) is 0 Å². The summed E-state index contributed by atoms with van der Waals surface area (Å²) in [7, 11) is 0. The van der Waals surface area contributed by atoms with Crippen LogP contribution in [0.4, 0.5) is 5.69 Å². The molecule has 0 radical (unpaired) electrons. The summed E-state index contributed by atoms with van der Waals surface area (Å²) >= 11 is 0. The first-order chi connectivity index (χ1) is 7.90. The Morgan fingerprint density at radius 3 is 2.81 bits per heavy atom. The zero-order valence-electron chi connectivity index (χ0n) is 9.35. The lowest BCUT2D eigenvalue weighted by atomic mass is 10.1. The molecule has 0 saturated carbocycles. The highest BCUT2D eigenvalue weighted by Crippen LogP contribution is 2.15. The van der Waals surface area contributed by atoms with Gasteiger partial charge in [-0.3, -0.25) is 9.97 Å². The maximum atomic E-state index is 4.22. The molecule has 1 aromatic heterocycles. The van der Waals surface area contributed by atoms with Crippen LogP contribution < -0.4 is 5.32 Å². The second kappa shape index (κ2) is 5.26. The summed E-state index contributed by atoms with van der Waals surface area (Å²) in [4.78, 5) is 8.26. The molecule has 0 aliphatic rings. The van der Waals surface area contributed by atoms with Gasteiger partial charge in [0.25, 0.3) is 0 Å². The molecule has 1 aromatic carbocycles. The van der Waals surface area contributed by atoms with Crippen molar-refractivity contribution in [1.29, 1.82) is 0 Å². The highest BCUT2D eigenvalue weighted by Gasteiger charge is 1.99. The zero-order chi connectivity index (χ0) is 11.2. The highest BCUT2D eigenvalue weighted by molar-refractivity contribution is 5.51. The summed E-state index contributed by atoms with van der Waals surface area (Å²) in [5.41, 5.74) is 3.45. The van der Waals surface area contributed by atoms with Gasteiger partial charge in [-0.1, -0.05) is 25.1 Å². The summed E-state index contributed by atoms with van der Waals surface area (Å²) in [6.07, 6.45) is 6.21. The van der Waals surface area contributed by atoms with Crippen molar-refractivity contribution in [3.63, 3.8) is 0 Å². The molecule has 3 nitrogen and oxygen atoms in total. The second-order valence-electron chi connectivity index (χ2n) is 3.56. The first-order valence-electron chi connectivity index (χ1n) is 5.47. The van der Waals surface area contributed by atoms with Gasteiger partial charge >= 0.3 is 0 Å². The molecular formula is C13H15N3. The zero-order valence-corrected chi connectivity index (χ0v) is 9.35. The van der Waals surface area contributed by atoms with Gasteiger partial charge in [-0.05, 0) is 18.1 Å². The van der Waals surface area contributed by atoms with Gasteiger partial charge in [-0.2, -0.15) is 0 Å². The van der Waals surface area contributed by atoms with E-state index in [1.54, 1.807) is 18.6 Å². The Balaban J connectivity index is 2.05. The lowest BCUT2D eigenvalue weighted by molar-refractivity contribution is 1.000. The van der Waals surface area contributed by atoms with E-state index in [0.717, 1.165) is 12.1 Å². The minimum atomic E-state index is 0.713. The summed E-state index contributed by atoms with van der Waals surface area (Å²) in [5, 5.41) is 3.38. The first-order valence-corrected chi connectivity index (χ1v) is 5.47. The molecular weight excluding hydrogens is 198 g/mol. The molecule has 16 heavy (non-hydrogen) atoms. The van der Waals surface area contributed by atoms with Crippen molar-refractivity contribution in [2.45, 2.75) is 19.9 Å². The van der Waals surface area contributed by atoms with E-state index in [-0.39, 0.29) is 0 Å². The molecule has 3 heteroatoms. The molecule has 0 spiro atoms. The Morgan fingerprint density at radius 1 is 1.19 bits per heavy atom. The van der Waals surface area contributed by atoms with Gasteiger partial charge in [0.1, 0.15) is 0 Å². The quantitative estimate of drug-likeness (QED) is 0.848. The van der Waals surface area contributed by atoms with E-state index in [1.807, 2.05) is 6.07 Å². The number of anilines is 1. The van der Waals surface area contributed by atoms with Gasteiger partial charge < -0.3 is 5.32 Å². The van der Waals surface area contributed by atoms with Gasteiger partial charge in [0.05, 0.1) is 18.4 Å². The Morgan fingerprint density at radius 2 is 2.06 bits per heavy atom. The number of para-hydroxylation sites is 1. The van der Waals surface area contributed by atoms with Crippen molar-refractivity contribution < 1.29 is 0 Å². The van der Waals surface area contributed by atoms with Gasteiger partial charge in [0, 0.05) is 18.1 Å². The third-order valence-corrected chi connectivity index (χ3v) is 2.47. The van der Waals surface area contributed by atoms with E-state index in [0.29, 0.717) is 6.54 Å². The fourth-order valence-corrected chi connectivity index (χ4v) is 1.61. The van der Waals surface area contributed by atoms with Crippen LogP contribution >= 0.6 is 0 Å². The number of benzene rings is 1. The van der Waals surface area contributed by atoms with Crippen LogP contribution in [0.15, 0.2) is 42.9 Å². The molecule has 2 aromatic rings. The fraction of sp³-hybridized carbons (Fsp3) is 0.231. The lowest BCUT2D eigenvalue weighted by Crippen LogP contribution is -2.03. The van der Waals surface area contributed by atoms with Gasteiger partial charge in [-0.15, -0.1) is 0 Å². The van der Waals surface area contributed by atoms with Crippen LogP contribution in [-0.2, 0) is 13.0 Å². The minimum Gasteiger partial charge on any atom is -0.379 e. The number of nitrogens with one attached hydrogen (secondary N) is 1. The highest BCUT2D eigenvalue weighted by atomic mass is 14.9. The third-order valence-electron chi connectivity index (χ3n) is 2.47. The smallest absolute Gasteiger partial charge is 0.0777 e. The topological polar surface area (TPSA) is 37.8 Å². The van der Waals surface area contributed by atoms with Crippen molar-refractivity contribution in [3.05, 3.63) is 54.1 Å². The number of aryl methyl sites for hydroxylation is 1. The maximum Gasteiger partial charge on any atom is 0.0777 e. The molecule has 0 saturated heterocycles. The molecule has 0 aliphatic heterocycles. The van der Waals surface area contributed by atoms with E-state index in [9.17, 15) is 0 Å². The molecule has 0 unspecified atom stereocenters. The second-order valence-corrected chi connectivity index (χ2v) is 3.56. The van der Waals surface area contributed by atoms with Crippen LogP contribution in [0.1, 0.15) is 18.2 Å². The van der Waals surface area contributed by atoms with Gasteiger partial charge in [0.15, 0.2) is 0 Å². The first kappa shape index (κ1) is 10.6. The van der Waals surface area contributed by atoms with E-state index >= 15 is 0 Å². The molecule has 1 N–H and O–H groups in total. The molecule has 1 heterocycles. The summed E-state index contributed by atoms with van der Waals surface area (Å²) in [6, 6.07) is 8.33. The minimum absolute atomic E-state index is 0.713. The number of hydrogen-bond acceptors (Lipinski definition) is 3. The summed E-state index contributed by atoms with van der Waals surface area (Å²) in [6.45, 7) is 2.87. The number of rotatable bonds is 4. The number of hydrogen-bond donors (Lipinski definition) is 1. The molecule has 0 aliphatic carbocycles. The van der Waals surface area contributed by atoms with Crippen molar-refractivity contribution in [3.8, 4) is 0 Å². The summed E-state index contributed by atoms with van der Waals surface area (Å²) < 4.78 is 0. The Bertz CT molecular complexity index is 440. The predicted octanol–water partition coefficient (Wildman–Crippen LogP) is 2.65. The molecule has 82 valence electrons. The lowest BCUT2D eigenvalue weighted by Gasteiger charge is -2.09. The van der Waals surface area contributed by atoms with Crippen molar-refractivity contribution in [1.82, 2.24) is 9.97 Å².